The van der Waals surface area contributed by atoms with Gasteiger partial charge in [0.2, 0.25) is 0 Å². The van der Waals surface area contributed by atoms with Gasteiger partial charge in [0.25, 0.3) is 0 Å². The summed E-state index contributed by atoms with van der Waals surface area (Å²) in [4.78, 5) is 1.69. The fraction of sp³-hybridized carbons (Fsp3) is 0.0833. The van der Waals surface area contributed by atoms with Crippen molar-refractivity contribution in [1.29, 1.82) is 15.8 Å². The van der Waals surface area contributed by atoms with E-state index in [2.05, 4.69) is 0 Å². The molecule has 1 aliphatic rings. The van der Waals surface area contributed by atoms with Crippen molar-refractivity contribution in [3.63, 3.8) is 0 Å². The molecular weight excluding hydrogens is 214 g/mol. The van der Waals surface area contributed by atoms with Gasteiger partial charge in [-0.3, -0.25) is 0 Å². The molecule has 0 amide bonds. The topological polar surface area (TPSA) is 101 Å². The predicted molar refractivity (Wildman–Crippen MR) is 61.1 cm³/mol. The average Bonchev–Trinajstić information content (AvgIpc) is 2.34. The van der Waals surface area contributed by atoms with Crippen molar-refractivity contribution in [2.45, 2.75) is 0 Å². The van der Waals surface area contributed by atoms with Crippen LogP contribution >= 0.6 is 0 Å². The Labute approximate surface area is 99.3 Å². The SMILES string of the molecule is CN1C=CC=C/C1=C(/C#N)C(N)=C(C#N)C#N. The van der Waals surface area contributed by atoms with Gasteiger partial charge in [-0.25, -0.2) is 0 Å². The van der Waals surface area contributed by atoms with Crippen molar-refractivity contribution < 1.29 is 0 Å². The minimum absolute atomic E-state index is 0.0979. The molecule has 0 aromatic carbocycles. The molecule has 0 radical (unpaired) electrons. The van der Waals surface area contributed by atoms with Crippen molar-refractivity contribution in [3.05, 3.63) is 47.0 Å². The number of likely N-dealkylation sites (N-methyl/N-ethyl adjacent to an activating group) is 1. The molecule has 5 heteroatoms. The number of allylic oxidation sites excluding steroid dienone is 5. The summed E-state index contributed by atoms with van der Waals surface area (Å²) < 4.78 is 0. The number of nitrogens with zero attached hydrogens (tertiary/aromatic N) is 4. The molecule has 0 aliphatic carbocycles. The first-order chi connectivity index (χ1) is 8.15. The molecule has 5 nitrogen and oxygen atoms in total. The Hall–Kier alpha value is -2.97. The number of hydrogen-bond donors (Lipinski definition) is 1. The lowest BCUT2D eigenvalue weighted by Crippen LogP contribution is -2.16. The van der Waals surface area contributed by atoms with Crippen LogP contribution in [0.4, 0.5) is 0 Å². The number of nitriles is 3. The molecule has 1 heterocycles. The van der Waals surface area contributed by atoms with Gasteiger partial charge in [-0.2, -0.15) is 15.8 Å². The highest BCUT2D eigenvalue weighted by molar-refractivity contribution is 5.56. The zero-order valence-electron chi connectivity index (χ0n) is 9.18. The van der Waals surface area contributed by atoms with Gasteiger partial charge in [-0.15, -0.1) is 0 Å². The van der Waals surface area contributed by atoms with Crippen molar-refractivity contribution in [1.82, 2.24) is 4.90 Å². The summed E-state index contributed by atoms with van der Waals surface area (Å²) >= 11 is 0. The molecule has 1 aliphatic heterocycles. The third-order valence-corrected chi connectivity index (χ3v) is 2.19. The third-order valence-electron chi connectivity index (χ3n) is 2.19. The van der Waals surface area contributed by atoms with Crippen LogP contribution in [0.1, 0.15) is 0 Å². The molecule has 2 N–H and O–H groups in total. The first-order valence-electron chi connectivity index (χ1n) is 4.68. The van der Waals surface area contributed by atoms with Crippen molar-refractivity contribution in [3.8, 4) is 18.2 Å². The first-order valence-corrected chi connectivity index (χ1v) is 4.68. The van der Waals surface area contributed by atoms with Crippen LogP contribution in [0.15, 0.2) is 47.0 Å². The van der Waals surface area contributed by atoms with Crippen LogP contribution in [-0.2, 0) is 0 Å². The van der Waals surface area contributed by atoms with Crippen LogP contribution < -0.4 is 5.73 Å². The molecule has 1 rings (SSSR count). The van der Waals surface area contributed by atoms with Crippen molar-refractivity contribution in [2.75, 3.05) is 7.05 Å². The number of hydrogen-bond acceptors (Lipinski definition) is 5. The van der Waals surface area contributed by atoms with E-state index in [0.717, 1.165) is 0 Å². The van der Waals surface area contributed by atoms with Crippen LogP contribution in [0.3, 0.4) is 0 Å². The Morgan fingerprint density at radius 1 is 1.18 bits per heavy atom. The van der Waals surface area contributed by atoms with E-state index in [4.69, 9.17) is 21.5 Å². The van der Waals surface area contributed by atoms with E-state index >= 15 is 0 Å². The van der Waals surface area contributed by atoms with Crippen LogP contribution in [0.2, 0.25) is 0 Å². The average molecular weight is 223 g/mol. The normalized spacial score (nSPS) is 15.5. The highest BCUT2D eigenvalue weighted by atomic mass is 15.1. The van der Waals surface area contributed by atoms with Crippen LogP contribution in [-0.4, -0.2) is 11.9 Å². The second kappa shape index (κ2) is 5.21. The molecule has 0 aromatic rings. The highest BCUT2D eigenvalue weighted by Gasteiger charge is 2.15. The standard InChI is InChI=1S/C12H9N5/c1-17-5-3-2-4-11(17)10(8-15)12(16)9(6-13)7-14/h2-5H,16H2,1H3/b11-10+. The van der Waals surface area contributed by atoms with Gasteiger partial charge in [0.05, 0.1) is 11.4 Å². The summed E-state index contributed by atoms with van der Waals surface area (Å²) in [5.41, 5.74) is 5.97. The lowest BCUT2D eigenvalue weighted by molar-refractivity contribution is 0.579. The van der Waals surface area contributed by atoms with E-state index < -0.39 is 0 Å². The molecule has 0 bridgehead atoms. The predicted octanol–water partition coefficient (Wildman–Crippen LogP) is 1.04. The maximum absolute atomic E-state index is 9.08. The van der Waals surface area contributed by atoms with Crippen LogP contribution in [0.5, 0.6) is 0 Å². The Bertz CT molecular complexity index is 553. The molecule has 0 spiro atoms. The third kappa shape index (κ3) is 2.34. The van der Waals surface area contributed by atoms with Gasteiger partial charge in [-0.1, -0.05) is 6.08 Å². The Morgan fingerprint density at radius 3 is 2.29 bits per heavy atom. The van der Waals surface area contributed by atoms with E-state index in [1.165, 1.54) is 0 Å². The van der Waals surface area contributed by atoms with Gasteiger partial charge < -0.3 is 10.6 Å². The maximum atomic E-state index is 9.08. The van der Waals surface area contributed by atoms with Gasteiger partial charge in [0, 0.05) is 13.2 Å². The summed E-state index contributed by atoms with van der Waals surface area (Å²) in [6.07, 6.45) is 6.99. The highest BCUT2D eigenvalue weighted by Crippen LogP contribution is 2.19. The fourth-order valence-corrected chi connectivity index (χ4v) is 1.31. The molecule has 0 aromatic heterocycles. The van der Waals surface area contributed by atoms with E-state index in [0.29, 0.717) is 5.70 Å². The van der Waals surface area contributed by atoms with E-state index in [1.54, 1.807) is 48.5 Å². The Kier molecular flexibility index (Phi) is 3.71. The van der Waals surface area contributed by atoms with E-state index in [9.17, 15) is 0 Å². The Morgan fingerprint density at radius 2 is 1.82 bits per heavy atom. The maximum Gasteiger partial charge on any atom is 0.153 e. The Balaban J connectivity index is 3.43. The summed E-state index contributed by atoms with van der Waals surface area (Å²) in [6.45, 7) is 0. The zero-order chi connectivity index (χ0) is 12.8. The summed E-state index contributed by atoms with van der Waals surface area (Å²) in [7, 11) is 1.75. The van der Waals surface area contributed by atoms with Gasteiger partial charge in [0.15, 0.2) is 5.57 Å². The molecule has 17 heavy (non-hydrogen) atoms. The van der Waals surface area contributed by atoms with Gasteiger partial charge in [-0.05, 0) is 12.2 Å². The fourth-order valence-electron chi connectivity index (χ4n) is 1.31. The zero-order valence-corrected chi connectivity index (χ0v) is 9.18. The van der Waals surface area contributed by atoms with E-state index in [1.807, 2.05) is 6.07 Å². The van der Waals surface area contributed by atoms with Gasteiger partial charge in [0.1, 0.15) is 23.8 Å². The minimum atomic E-state index is -0.259. The van der Waals surface area contributed by atoms with Gasteiger partial charge >= 0.3 is 0 Å². The number of rotatable bonds is 1. The molecule has 0 saturated heterocycles. The summed E-state index contributed by atoms with van der Waals surface area (Å²) in [5.74, 6) is 0. The lowest BCUT2D eigenvalue weighted by Gasteiger charge is -2.19. The summed E-state index contributed by atoms with van der Waals surface area (Å²) in [6, 6.07) is 5.25. The second-order valence-corrected chi connectivity index (χ2v) is 3.20. The largest absolute Gasteiger partial charge is 0.396 e. The number of nitrogens with two attached hydrogens (primary N) is 1. The molecule has 82 valence electrons. The molecule has 0 saturated carbocycles. The molecular formula is C12H9N5. The molecule has 0 unspecified atom stereocenters. The lowest BCUT2D eigenvalue weighted by atomic mass is 10.1. The molecule has 0 atom stereocenters. The van der Waals surface area contributed by atoms with Crippen molar-refractivity contribution in [2.24, 2.45) is 5.73 Å². The quantitative estimate of drug-likeness (QED) is 0.669. The molecule has 0 fully saturated rings. The monoisotopic (exact) mass is 223 g/mol. The second-order valence-electron chi connectivity index (χ2n) is 3.20. The van der Waals surface area contributed by atoms with Crippen LogP contribution in [0, 0.1) is 34.0 Å². The summed E-state index contributed by atoms with van der Waals surface area (Å²) in [5, 5.41) is 26.5. The van der Waals surface area contributed by atoms with Crippen LogP contribution in [0.25, 0.3) is 0 Å². The smallest absolute Gasteiger partial charge is 0.153 e. The minimum Gasteiger partial charge on any atom is -0.396 e. The first kappa shape index (κ1) is 12.1. The van der Waals surface area contributed by atoms with Crippen molar-refractivity contribution >= 4 is 0 Å². The van der Waals surface area contributed by atoms with E-state index in [-0.39, 0.29) is 16.8 Å².